The first-order valence-corrected chi connectivity index (χ1v) is 15.1. The first-order chi connectivity index (χ1) is 16.8. The lowest BCUT2D eigenvalue weighted by Gasteiger charge is -2.19. The van der Waals surface area contributed by atoms with E-state index < -0.39 is 36.9 Å². The summed E-state index contributed by atoms with van der Waals surface area (Å²) in [6.07, 6.45) is -0.108. The molecule has 0 radical (unpaired) electrons. The molecule has 0 amide bonds. The monoisotopic (exact) mass is 650 g/mol. The molecule has 194 valence electrons. The van der Waals surface area contributed by atoms with Gasteiger partial charge in [0.05, 0.1) is 22.4 Å². The normalized spacial score (nSPS) is 12.0. The summed E-state index contributed by atoms with van der Waals surface area (Å²) >= 11 is 1.97. The SMILES string of the molecule is CCS(=O)(=O)Nc1cccc(Oc2cc(F)cc(Cc3ccc(I)cc3F)c2NS(=O)(=O)C(C)C)c1. The average Bonchev–Trinajstić information content (AvgIpc) is 2.77. The van der Waals surface area contributed by atoms with Crippen LogP contribution in [0.3, 0.4) is 0 Å². The Morgan fingerprint density at radius 1 is 0.944 bits per heavy atom. The van der Waals surface area contributed by atoms with Gasteiger partial charge in [-0.25, -0.2) is 25.6 Å². The standard InChI is InChI=1S/C24H25F2IN2O5S2/c1-4-35(30,31)28-20-6-5-7-21(14-20)34-23-12-18(25)11-17(24(23)29-36(32,33)15(2)3)10-16-8-9-19(27)13-22(16)26/h5-9,11-15,28-29H,4,10H2,1-3H3. The maximum absolute atomic E-state index is 14.7. The Balaban J connectivity index is 2.09. The van der Waals surface area contributed by atoms with E-state index in [1.54, 1.807) is 12.1 Å². The van der Waals surface area contributed by atoms with Crippen LogP contribution in [-0.4, -0.2) is 27.8 Å². The predicted octanol–water partition coefficient (Wildman–Crippen LogP) is 5.86. The van der Waals surface area contributed by atoms with E-state index in [4.69, 9.17) is 4.74 Å². The molecule has 0 aromatic heterocycles. The molecule has 0 saturated heterocycles. The number of anilines is 2. The van der Waals surface area contributed by atoms with E-state index in [9.17, 15) is 25.6 Å². The molecule has 0 aliphatic carbocycles. The van der Waals surface area contributed by atoms with Crippen molar-refractivity contribution in [2.45, 2.75) is 32.4 Å². The number of hydrogen-bond donors (Lipinski definition) is 2. The fraction of sp³-hybridized carbons (Fsp3) is 0.250. The summed E-state index contributed by atoms with van der Waals surface area (Å²) < 4.78 is 89.9. The van der Waals surface area contributed by atoms with Gasteiger partial charge in [0.1, 0.15) is 17.4 Å². The van der Waals surface area contributed by atoms with Gasteiger partial charge in [-0.15, -0.1) is 0 Å². The lowest BCUT2D eigenvalue weighted by molar-refractivity contribution is 0.478. The Kier molecular flexibility index (Phi) is 8.83. The molecule has 0 bridgehead atoms. The van der Waals surface area contributed by atoms with Gasteiger partial charge < -0.3 is 4.74 Å². The maximum Gasteiger partial charge on any atom is 0.235 e. The molecule has 3 aromatic carbocycles. The molecule has 0 unspecified atom stereocenters. The van der Waals surface area contributed by atoms with Crippen molar-refractivity contribution >= 4 is 54.0 Å². The number of halogens is 3. The summed E-state index contributed by atoms with van der Waals surface area (Å²) in [5, 5.41) is -0.815. The Labute approximate surface area is 223 Å². The van der Waals surface area contributed by atoms with Crippen LogP contribution in [0.4, 0.5) is 20.2 Å². The molecule has 0 fully saturated rings. The molecule has 0 aliphatic rings. The van der Waals surface area contributed by atoms with Gasteiger partial charge in [0.2, 0.25) is 20.0 Å². The van der Waals surface area contributed by atoms with Gasteiger partial charge in [0, 0.05) is 22.1 Å². The third kappa shape index (κ3) is 7.29. The van der Waals surface area contributed by atoms with Crippen molar-refractivity contribution in [3.8, 4) is 11.5 Å². The highest BCUT2D eigenvalue weighted by Gasteiger charge is 2.23. The van der Waals surface area contributed by atoms with E-state index in [1.165, 1.54) is 51.1 Å². The van der Waals surface area contributed by atoms with Gasteiger partial charge in [-0.05, 0) is 84.8 Å². The van der Waals surface area contributed by atoms with Crippen molar-refractivity contribution in [3.63, 3.8) is 0 Å². The van der Waals surface area contributed by atoms with E-state index >= 15 is 0 Å². The minimum Gasteiger partial charge on any atom is -0.455 e. The number of sulfonamides is 2. The van der Waals surface area contributed by atoms with Crippen LogP contribution in [0.5, 0.6) is 11.5 Å². The van der Waals surface area contributed by atoms with E-state index in [2.05, 4.69) is 9.44 Å². The summed E-state index contributed by atoms with van der Waals surface area (Å²) in [4.78, 5) is 0. The minimum absolute atomic E-state index is 0.0393. The maximum atomic E-state index is 14.7. The summed E-state index contributed by atoms with van der Waals surface area (Å²) in [5.41, 5.74) is 0.587. The summed E-state index contributed by atoms with van der Waals surface area (Å²) in [6.45, 7) is 4.45. The number of ether oxygens (including phenoxy) is 1. The Bertz CT molecular complexity index is 1480. The van der Waals surface area contributed by atoms with Crippen molar-refractivity contribution in [3.05, 3.63) is 80.9 Å². The summed E-state index contributed by atoms with van der Waals surface area (Å²) in [6, 6.07) is 12.6. The van der Waals surface area contributed by atoms with Crippen LogP contribution in [-0.2, 0) is 26.5 Å². The van der Waals surface area contributed by atoms with Crippen molar-refractivity contribution in [1.82, 2.24) is 0 Å². The highest BCUT2D eigenvalue weighted by Crippen LogP contribution is 2.37. The second kappa shape index (κ2) is 11.3. The van der Waals surface area contributed by atoms with Gasteiger partial charge in [-0.3, -0.25) is 9.44 Å². The predicted molar refractivity (Wildman–Crippen MR) is 146 cm³/mol. The van der Waals surface area contributed by atoms with E-state index in [-0.39, 0.29) is 46.2 Å². The molecule has 12 heteroatoms. The molecule has 0 heterocycles. The third-order valence-electron chi connectivity index (χ3n) is 5.12. The van der Waals surface area contributed by atoms with E-state index in [1.807, 2.05) is 22.6 Å². The smallest absolute Gasteiger partial charge is 0.235 e. The second-order valence-corrected chi connectivity index (χ2v) is 13.7. The lowest BCUT2D eigenvalue weighted by atomic mass is 10.0. The van der Waals surface area contributed by atoms with E-state index in [0.717, 1.165) is 12.1 Å². The topological polar surface area (TPSA) is 102 Å². The largest absolute Gasteiger partial charge is 0.455 e. The minimum atomic E-state index is -3.89. The van der Waals surface area contributed by atoms with E-state index in [0.29, 0.717) is 3.57 Å². The average molecular weight is 651 g/mol. The van der Waals surface area contributed by atoms with Crippen molar-refractivity contribution in [2.24, 2.45) is 0 Å². The summed E-state index contributed by atoms with van der Waals surface area (Å²) in [7, 11) is -7.44. The highest BCUT2D eigenvalue weighted by atomic mass is 127. The summed E-state index contributed by atoms with van der Waals surface area (Å²) in [5.74, 6) is -1.39. The van der Waals surface area contributed by atoms with Gasteiger partial charge in [-0.1, -0.05) is 12.1 Å². The van der Waals surface area contributed by atoms with Gasteiger partial charge in [0.25, 0.3) is 0 Å². The lowest BCUT2D eigenvalue weighted by Crippen LogP contribution is -2.23. The molecule has 36 heavy (non-hydrogen) atoms. The molecular weight excluding hydrogens is 625 g/mol. The van der Waals surface area contributed by atoms with Crippen LogP contribution in [0.15, 0.2) is 54.6 Å². The Hall–Kier alpha value is -2.45. The van der Waals surface area contributed by atoms with Crippen LogP contribution in [0.1, 0.15) is 31.9 Å². The quantitative estimate of drug-likeness (QED) is 0.268. The molecule has 7 nitrogen and oxygen atoms in total. The highest BCUT2D eigenvalue weighted by molar-refractivity contribution is 14.1. The second-order valence-electron chi connectivity index (χ2n) is 8.18. The number of benzene rings is 3. The fourth-order valence-electron chi connectivity index (χ4n) is 3.10. The zero-order chi connectivity index (χ0) is 26.7. The zero-order valence-corrected chi connectivity index (χ0v) is 23.5. The molecule has 3 rings (SSSR count). The van der Waals surface area contributed by atoms with Crippen molar-refractivity contribution in [1.29, 1.82) is 0 Å². The van der Waals surface area contributed by atoms with Gasteiger partial charge >= 0.3 is 0 Å². The van der Waals surface area contributed by atoms with Crippen LogP contribution in [0.25, 0.3) is 0 Å². The van der Waals surface area contributed by atoms with Crippen molar-refractivity contribution in [2.75, 3.05) is 15.2 Å². The Morgan fingerprint density at radius 3 is 2.31 bits per heavy atom. The fourth-order valence-corrected chi connectivity index (χ4v) is 4.94. The Morgan fingerprint density at radius 2 is 1.67 bits per heavy atom. The zero-order valence-electron chi connectivity index (χ0n) is 19.7. The third-order valence-corrected chi connectivity index (χ3v) is 8.83. The first kappa shape index (κ1) is 28.1. The van der Waals surface area contributed by atoms with Gasteiger partial charge in [-0.2, -0.15) is 0 Å². The number of hydrogen-bond acceptors (Lipinski definition) is 5. The van der Waals surface area contributed by atoms with Crippen molar-refractivity contribution < 1.29 is 30.4 Å². The van der Waals surface area contributed by atoms with Gasteiger partial charge in [0.15, 0.2) is 5.75 Å². The van der Waals surface area contributed by atoms with Crippen LogP contribution in [0.2, 0.25) is 0 Å². The molecule has 0 saturated carbocycles. The number of nitrogens with one attached hydrogen (secondary N) is 2. The molecule has 0 spiro atoms. The number of rotatable bonds is 10. The van der Waals surface area contributed by atoms with Crippen LogP contribution in [0, 0.1) is 15.2 Å². The first-order valence-electron chi connectivity index (χ1n) is 10.9. The molecule has 0 aliphatic heterocycles. The van der Waals surface area contributed by atoms with Crippen LogP contribution < -0.4 is 14.2 Å². The molecular formula is C24H25F2IN2O5S2. The molecule has 0 atom stereocenters. The molecule has 2 N–H and O–H groups in total. The molecule has 3 aromatic rings. The van der Waals surface area contributed by atoms with Crippen LogP contribution >= 0.6 is 22.6 Å².